The van der Waals surface area contributed by atoms with E-state index in [0.29, 0.717) is 23.6 Å². The third-order valence-electron chi connectivity index (χ3n) is 4.22. The predicted octanol–water partition coefficient (Wildman–Crippen LogP) is 3.14. The number of aromatic hydroxyl groups is 1. The lowest BCUT2D eigenvalue weighted by atomic mass is 10.2. The summed E-state index contributed by atoms with van der Waals surface area (Å²) >= 11 is 0. The van der Waals surface area contributed by atoms with Crippen LogP contribution in [0, 0.1) is 0 Å². The van der Waals surface area contributed by atoms with Crippen molar-refractivity contribution in [2.75, 3.05) is 22.1 Å². The molecule has 0 bridgehead atoms. The van der Waals surface area contributed by atoms with Gasteiger partial charge in [-0.15, -0.1) is 0 Å². The second kappa shape index (κ2) is 8.91. The number of primary amides is 1. The number of para-hydroxylation sites is 2. The zero-order chi connectivity index (χ0) is 21.7. The lowest BCUT2D eigenvalue weighted by Crippen LogP contribution is -2.24. The third-order valence-corrected chi connectivity index (χ3v) is 4.22. The number of phenols is 1. The summed E-state index contributed by atoms with van der Waals surface area (Å²) in [5, 5.41) is 16.0. The van der Waals surface area contributed by atoms with Crippen LogP contribution in [0.1, 0.15) is 24.2 Å². The number of hydrogen-bond donors (Lipinski definition) is 4. The second-order valence-corrected chi connectivity index (χ2v) is 6.42. The van der Waals surface area contributed by atoms with E-state index in [4.69, 9.17) is 5.73 Å². The van der Waals surface area contributed by atoms with Crippen molar-refractivity contribution in [2.45, 2.75) is 13.8 Å². The molecule has 30 heavy (non-hydrogen) atoms. The van der Waals surface area contributed by atoms with E-state index >= 15 is 0 Å². The first-order chi connectivity index (χ1) is 14.4. The van der Waals surface area contributed by atoms with Crippen molar-refractivity contribution in [1.29, 1.82) is 0 Å². The Balaban J connectivity index is 2.00. The molecular weight excluding hydrogens is 384 g/mol. The average Bonchev–Trinajstić information content (AvgIpc) is 2.70. The standard InChI is InChI=1S/C21H22N6O3/c1-3-27(17-9-4-5-10-18(17)29)20-16(19(22)30)12-23-21(26-20)25-15-8-6-7-14(11-15)24-13(2)28/h4-12,29H,3H2,1-2H3,(H2,22,30)(H,24,28)(H,23,25,26). The first kappa shape index (κ1) is 20.6. The molecule has 3 aromatic rings. The van der Waals surface area contributed by atoms with Crippen LogP contribution in [0.5, 0.6) is 5.75 Å². The molecule has 0 aliphatic heterocycles. The molecule has 2 aromatic carbocycles. The van der Waals surface area contributed by atoms with Crippen molar-refractivity contribution in [2.24, 2.45) is 5.73 Å². The summed E-state index contributed by atoms with van der Waals surface area (Å²) in [5.74, 6) is -0.326. The molecule has 1 aromatic heterocycles. The fourth-order valence-electron chi connectivity index (χ4n) is 2.95. The summed E-state index contributed by atoms with van der Waals surface area (Å²) in [7, 11) is 0. The van der Waals surface area contributed by atoms with Gasteiger partial charge >= 0.3 is 0 Å². The van der Waals surface area contributed by atoms with Gasteiger partial charge in [-0.2, -0.15) is 4.98 Å². The maximum Gasteiger partial charge on any atom is 0.254 e. The Bertz CT molecular complexity index is 1090. The van der Waals surface area contributed by atoms with Crippen LogP contribution < -0.4 is 21.3 Å². The summed E-state index contributed by atoms with van der Waals surface area (Å²) < 4.78 is 0. The smallest absolute Gasteiger partial charge is 0.254 e. The first-order valence-electron chi connectivity index (χ1n) is 9.26. The molecule has 3 rings (SSSR count). The highest BCUT2D eigenvalue weighted by molar-refractivity contribution is 5.98. The van der Waals surface area contributed by atoms with E-state index in [1.54, 1.807) is 53.4 Å². The van der Waals surface area contributed by atoms with Gasteiger partial charge in [0.1, 0.15) is 11.3 Å². The number of nitrogens with two attached hydrogens (primary N) is 1. The Kier molecular flexibility index (Phi) is 6.11. The molecule has 0 saturated carbocycles. The van der Waals surface area contributed by atoms with Crippen molar-refractivity contribution >= 4 is 40.6 Å². The number of nitrogens with one attached hydrogen (secondary N) is 2. The molecule has 2 amide bonds. The Labute approximate surface area is 173 Å². The lowest BCUT2D eigenvalue weighted by molar-refractivity contribution is -0.114. The van der Waals surface area contributed by atoms with Crippen LogP contribution in [0.25, 0.3) is 0 Å². The van der Waals surface area contributed by atoms with Gasteiger partial charge in [-0.1, -0.05) is 18.2 Å². The molecule has 0 saturated heterocycles. The van der Waals surface area contributed by atoms with Gasteiger partial charge in [0.15, 0.2) is 5.82 Å². The molecule has 0 spiro atoms. The molecule has 9 nitrogen and oxygen atoms in total. The molecular formula is C21H22N6O3. The fraction of sp³-hybridized carbons (Fsp3) is 0.143. The number of rotatable bonds is 7. The minimum atomic E-state index is -0.682. The molecule has 154 valence electrons. The molecule has 5 N–H and O–H groups in total. The van der Waals surface area contributed by atoms with Gasteiger partial charge in [0.25, 0.3) is 5.91 Å². The SMILES string of the molecule is CCN(c1ccccc1O)c1nc(Nc2cccc(NC(C)=O)c2)ncc1C(N)=O. The van der Waals surface area contributed by atoms with Crippen LogP contribution in [-0.4, -0.2) is 33.4 Å². The molecule has 0 fully saturated rings. The largest absolute Gasteiger partial charge is 0.506 e. The number of aromatic nitrogens is 2. The number of anilines is 5. The van der Waals surface area contributed by atoms with Crippen LogP contribution in [0.3, 0.4) is 0 Å². The molecule has 0 radical (unpaired) electrons. The highest BCUT2D eigenvalue weighted by Gasteiger charge is 2.20. The van der Waals surface area contributed by atoms with Gasteiger partial charge < -0.3 is 26.4 Å². The van der Waals surface area contributed by atoms with Gasteiger partial charge in [0.05, 0.1) is 5.69 Å². The summed E-state index contributed by atoms with van der Waals surface area (Å²) in [6, 6.07) is 13.8. The van der Waals surface area contributed by atoms with Crippen LogP contribution in [0.2, 0.25) is 0 Å². The summed E-state index contributed by atoms with van der Waals surface area (Å²) in [6.45, 7) is 3.71. The molecule has 0 aliphatic carbocycles. The van der Waals surface area contributed by atoms with Crippen LogP contribution in [0.15, 0.2) is 54.7 Å². The maximum absolute atomic E-state index is 12.0. The number of hydrogen-bond acceptors (Lipinski definition) is 7. The Hall–Kier alpha value is -4.14. The first-order valence-corrected chi connectivity index (χ1v) is 9.26. The minimum absolute atomic E-state index is 0.0471. The minimum Gasteiger partial charge on any atom is -0.506 e. The van der Waals surface area contributed by atoms with Gasteiger partial charge in [-0.05, 0) is 37.3 Å². The Morgan fingerprint density at radius 3 is 2.53 bits per heavy atom. The predicted molar refractivity (Wildman–Crippen MR) is 115 cm³/mol. The Morgan fingerprint density at radius 2 is 1.87 bits per heavy atom. The molecule has 1 heterocycles. The molecule has 0 unspecified atom stereocenters. The van der Waals surface area contributed by atoms with E-state index in [1.807, 2.05) is 6.92 Å². The maximum atomic E-state index is 12.0. The number of carbonyl (C=O) groups excluding carboxylic acids is 2. The average molecular weight is 406 g/mol. The fourth-order valence-corrected chi connectivity index (χ4v) is 2.95. The molecule has 9 heteroatoms. The quantitative estimate of drug-likeness (QED) is 0.473. The third kappa shape index (κ3) is 4.64. The number of amides is 2. The molecule has 0 atom stereocenters. The van der Waals surface area contributed by atoms with Crippen molar-refractivity contribution in [3.63, 3.8) is 0 Å². The van der Waals surface area contributed by atoms with E-state index in [0.717, 1.165) is 0 Å². The normalized spacial score (nSPS) is 10.3. The topological polar surface area (TPSA) is 133 Å². The summed E-state index contributed by atoms with van der Waals surface area (Å²) in [4.78, 5) is 33.6. The van der Waals surface area contributed by atoms with E-state index in [-0.39, 0.29) is 29.0 Å². The Morgan fingerprint density at radius 1 is 1.13 bits per heavy atom. The van der Waals surface area contributed by atoms with Gasteiger partial charge in [-0.3, -0.25) is 9.59 Å². The highest BCUT2D eigenvalue weighted by atomic mass is 16.3. The lowest BCUT2D eigenvalue weighted by Gasteiger charge is -2.24. The van der Waals surface area contributed by atoms with Crippen molar-refractivity contribution in [1.82, 2.24) is 9.97 Å². The number of benzene rings is 2. The van der Waals surface area contributed by atoms with E-state index in [9.17, 15) is 14.7 Å². The van der Waals surface area contributed by atoms with Crippen LogP contribution in [0.4, 0.5) is 28.8 Å². The number of nitrogens with zero attached hydrogens (tertiary/aromatic N) is 3. The van der Waals surface area contributed by atoms with Gasteiger partial charge in [0.2, 0.25) is 11.9 Å². The van der Waals surface area contributed by atoms with Gasteiger partial charge in [0, 0.05) is 31.0 Å². The highest BCUT2D eigenvalue weighted by Crippen LogP contribution is 2.33. The number of phenolic OH excluding ortho intramolecular Hbond substituents is 1. The van der Waals surface area contributed by atoms with Crippen molar-refractivity contribution in [3.8, 4) is 5.75 Å². The zero-order valence-corrected chi connectivity index (χ0v) is 16.6. The second-order valence-electron chi connectivity index (χ2n) is 6.42. The molecule has 0 aliphatic rings. The summed E-state index contributed by atoms with van der Waals surface area (Å²) in [6.07, 6.45) is 1.34. The van der Waals surface area contributed by atoms with E-state index in [1.165, 1.54) is 13.1 Å². The van der Waals surface area contributed by atoms with E-state index < -0.39 is 5.91 Å². The van der Waals surface area contributed by atoms with E-state index in [2.05, 4.69) is 20.6 Å². The van der Waals surface area contributed by atoms with Crippen molar-refractivity contribution in [3.05, 3.63) is 60.3 Å². The van der Waals surface area contributed by atoms with Crippen molar-refractivity contribution < 1.29 is 14.7 Å². The van der Waals surface area contributed by atoms with Crippen LogP contribution in [-0.2, 0) is 4.79 Å². The summed E-state index contributed by atoms with van der Waals surface area (Å²) in [5.41, 5.74) is 7.39. The monoisotopic (exact) mass is 406 g/mol. The zero-order valence-electron chi connectivity index (χ0n) is 16.6. The van der Waals surface area contributed by atoms with Crippen LogP contribution >= 0.6 is 0 Å². The van der Waals surface area contributed by atoms with Gasteiger partial charge in [-0.25, -0.2) is 4.98 Å². The number of carbonyl (C=O) groups is 2.